The number of benzene rings is 1. The first-order valence-corrected chi connectivity index (χ1v) is 8.30. The Balaban J connectivity index is 1.93. The van der Waals surface area contributed by atoms with Crippen LogP contribution >= 0.6 is 0 Å². The van der Waals surface area contributed by atoms with Crippen molar-refractivity contribution in [1.29, 1.82) is 0 Å². The molecule has 0 radical (unpaired) electrons. The third-order valence-corrected chi connectivity index (χ3v) is 4.87. The smallest absolute Gasteiger partial charge is 0.262 e. The Kier molecular flexibility index (Phi) is 3.61. The summed E-state index contributed by atoms with van der Waals surface area (Å²) in [6.07, 6.45) is 3.04. The van der Waals surface area contributed by atoms with Crippen molar-refractivity contribution in [3.8, 4) is 0 Å². The molecule has 0 bridgehead atoms. The van der Waals surface area contributed by atoms with E-state index in [1.165, 1.54) is 12.3 Å². The number of rotatable bonds is 3. The topological polar surface area (TPSA) is 101 Å². The molecule has 0 spiro atoms. The summed E-state index contributed by atoms with van der Waals surface area (Å²) >= 11 is 0. The zero-order valence-corrected chi connectivity index (χ0v) is 12.7. The van der Waals surface area contributed by atoms with E-state index >= 15 is 0 Å². The van der Waals surface area contributed by atoms with Crippen molar-refractivity contribution in [2.24, 2.45) is 0 Å². The maximum atomic E-state index is 12.4. The first-order valence-electron chi connectivity index (χ1n) is 6.82. The number of amides is 1. The Bertz CT molecular complexity index is 826. The molecule has 1 aromatic carbocycles. The van der Waals surface area contributed by atoms with E-state index in [-0.39, 0.29) is 10.8 Å². The van der Waals surface area contributed by atoms with Crippen LogP contribution in [0.25, 0.3) is 0 Å². The third-order valence-electron chi connectivity index (χ3n) is 3.51. The highest BCUT2D eigenvalue weighted by molar-refractivity contribution is 7.92. The first-order chi connectivity index (χ1) is 10.5. The molecule has 1 aliphatic rings. The Morgan fingerprint density at radius 3 is 2.86 bits per heavy atom. The summed E-state index contributed by atoms with van der Waals surface area (Å²) in [5.41, 5.74) is 2.26. The van der Waals surface area contributed by atoms with Crippen LogP contribution in [0, 0.1) is 6.92 Å². The summed E-state index contributed by atoms with van der Waals surface area (Å²) in [4.78, 5) is 11.7. The number of aryl methyl sites for hydroxylation is 2. The number of nitrogens with zero attached hydrogens (tertiary/aromatic N) is 1. The highest BCUT2D eigenvalue weighted by Gasteiger charge is 2.20. The molecular weight excluding hydrogens is 306 g/mol. The molecule has 8 heteroatoms. The summed E-state index contributed by atoms with van der Waals surface area (Å²) < 4.78 is 32.0. The van der Waals surface area contributed by atoms with Crippen LogP contribution in [-0.4, -0.2) is 19.5 Å². The second-order valence-corrected chi connectivity index (χ2v) is 6.82. The molecule has 116 valence electrons. The minimum absolute atomic E-state index is 0.0485. The lowest BCUT2D eigenvalue weighted by Gasteiger charge is -2.11. The Morgan fingerprint density at radius 1 is 1.32 bits per heavy atom. The average Bonchev–Trinajstić information content (AvgIpc) is 2.75. The summed E-state index contributed by atoms with van der Waals surface area (Å²) in [6, 6.07) is 4.68. The minimum atomic E-state index is -3.73. The van der Waals surface area contributed by atoms with E-state index in [1.807, 2.05) is 0 Å². The highest BCUT2D eigenvalue weighted by atomic mass is 32.2. The normalized spacial score (nSPS) is 14.9. The van der Waals surface area contributed by atoms with Crippen LogP contribution in [0.2, 0.25) is 0 Å². The van der Waals surface area contributed by atoms with Crippen LogP contribution in [-0.2, 0) is 21.2 Å². The Morgan fingerprint density at radius 2 is 2.14 bits per heavy atom. The van der Waals surface area contributed by atoms with Gasteiger partial charge in [0.25, 0.3) is 10.0 Å². The monoisotopic (exact) mass is 321 g/mol. The summed E-state index contributed by atoms with van der Waals surface area (Å²) in [7, 11) is -3.73. The highest BCUT2D eigenvalue weighted by Crippen LogP contribution is 2.26. The molecule has 7 nitrogen and oxygen atoms in total. The zero-order valence-electron chi connectivity index (χ0n) is 11.9. The lowest BCUT2D eigenvalue weighted by Crippen LogP contribution is -2.14. The number of hydrogen-bond donors (Lipinski definition) is 2. The fraction of sp³-hybridized carbons (Fsp3) is 0.286. The van der Waals surface area contributed by atoms with Gasteiger partial charge >= 0.3 is 0 Å². The first kappa shape index (κ1) is 14.6. The number of fused-ring (bicyclic) bond motifs is 1. The van der Waals surface area contributed by atoms with Gasteiger partial charge in [-0.1, -0.05) is 5.16 Å². The van der Waals surface area contributed by atoms with Crippen LogP contribution in [0.5, 0.6) is 0 Å². The predicted molar refractivity (Wildman–Crippen MR) is 80.1 cm³/mol. The largest absolute Gasteiger partial charge is 0.362 e. The van der Waals surface area contributed by atoms with Crippen molar-refractivity contribution in [3.05, 3.63) is 35.7 Å². The number of aromatic nitrogens is 1. The molecule has 0 aliphatic carbocycles. The molecule has 0 saturated carbocycles. The molecule has 2 heterocycles. The zero-order chi connectivity index (χ0) is 15.7. The van der Waals surface area contributed by atoms with E-state index in [1.54, 1.807) is 19.1 Å². The molecule has 0 atom stereocenters. The third kappa shape index (κ3) is 2.82. The van der Waals surface area contributed by atoms with E-state index in [4.69, 9.17) is 4.52 Å². The fourth-order valence-corrected chi connectivity index (χ4v) is 3.46. The number of sulfonamides is 1. The van der Waals surface area contributed by atoms with E-state index in [9.17, 15) is 13.2 Å². The van der Waals surface area contributed by atoms with Crippen molar-refractivity contribution in [3.63, 3.8) is 0 Å². The molecular formula is C14H15N3O4S. The van der Waals surface area contributed by atoms with Crippen LogP contribution in [0.1, 0.15) is 24.1 Å². The van der Waals surface area contributed by atoms with E-state index < -0.39 is 10.0 Å². The van der Waals surface area contributed by atoms with Crippen LogP contribution in [0.4, 0.5) is 11.4 Å². The lowest BCUT2D eigenvalue weighted by atomic mass is 10.1. The average molecular weight is 321 g/mol. The Labute approximate surface area is 127 Å². The predicted octanol–water partition coefficient (Wildman–Crippen LogP) is 2.06. The SMILES string of the molecule is Cc1nocc1NS(=O)(=O)c1ccc2c(c1)CCCC(=O)N2. The van der Waals surface area contributed by atoms with Gasteiger partial charge in [0.2, 0.25) is 5.91 Å². The van der Waals surface area contributed by atoms with Gasteiger partial charge in [-0.3, -0.25) is 9.52 Å². The molecule has 0 fully saturated rings. The lowest BCUT2D eigenvalue weighted by molar-refractivity contribution is -0.116. The van der Waals surface area contributed by atoms with Crippen molar-refractivity contribution >= 4 is 27.3 Å². The van der Waals surface area contributed by atoms with E-state index in [0.717, 1.165) is 5.56 Å². The molecule has 1 amide bonds. The van der Waals surface area contributed by atoms with E-state index in [2.05, 4.69) is 15.2 Å². The molecule has 1 aromatic heterocycles. The minimum Gasteiger partial charge on any atom is -0.362 e. The number of carbonyl (C=O) groups is 1. The molecule has 22 heavy (non-hydrogen) atoms. The van der Waals surface area contributed by atoms with Gasteiger partial charge in [-0.2, -0.15) is 0 Å². The maximum Gasteiger partial charge on any atom is 0.262 e. The molecule has 2 aromatic rings. The van der Waals surface area contributed by atoms with Crippen LogP contribution < -0.4 is 10.0 Å². The summed E-state index contributed by atoms with van der Waals surface area (Å²) in [6.45, 7) is 1.65. The quantitative estimate of drug-likeness (QED) is 0.901. The van der Waals surface area contributed by atoms with Crippen molar-refractivity contribution < 1.29 is 17.7 Å². The number of carbonyl (C=O) groups excluding carboxylic acids is 1. The molecule has 0 saturated heterocycles. The summed E-state index contributed by atoms with van der Waals surface area (Å²) in [5.74, 6) is -0.0485. The van der Waals surface area contributed by atoms with Gasteiger partial charge < -0.3 is 9.84 Å². The molecule has 3 rings (SSSR count). The van der Waals surface area contributed by atoms with Crippen molar-refractivity contribution in [2.45, 2.75) is 31.1 Å². The van der Waals surface area contributed by atoms with Crippen LogP contribution in [0.3, 0.4) is 0 Å². The Hall–Kier alpha value is -2.35. The van der Waals surface area contributed by atoms with Crippen LogP contribution in [0.15, 0.2) is 33.9 Å². The fourth-order valence-electron chi connectivity index (χ4n) is 2.31. The number of hydrogen-bond acceptors (Lipinski definition) is 5. The van der Waals surface area contributed by atoms with Gasteiger partial charge in [0.15, 0.2) is 0 Å². The maximum absolute atomic E-state index is 12.4. The van der Waals surface area contributed by atoms with Gasteiger partial charge in [-0.15, -0.1) is 0 Å². The second kappa shape index (κ2) is 5.45. The number of anilines is 2. The van der Waals surface area contributed by atoms with Gasteiger partial charge in [0, 0.05) is 12.1 Å². The van der Waals surface area contributed by atoms with Gasteiger partial charge in [-0.05, 0) is 43.5 Å². The standard InChI is InChI=1S/C14H15N3O4S/c1-9-13(8-21-16-9)17-22(19,20)11-5-6-12-10(7-11)3-2-4-14(18)15-12/h5-8,17H,2-4H2,1H3,(H,15,18). The molecule has 0 unspecified atom stereocenters. The van der Waals surface area contributed by atoms with Gasteiger partial charge in [-0.25, -0.2) is 8.42 Å². The molecule has 1 aliphatic heterocycles. The second-order valence-electron chi connectivity index (χ2n) is 5.14. The van der Waals surface area contributed by atoms with Gasteiger partial charge in [0.1, 0.15) is 17.6 Å². The van der Waals surface area contributed by atoms with E-state index in [0.29, 0.717) is 36.3 Å². The number of nitrogens with one attached hydrogen (secondary N) is 2. The van der Waals surface area contributed by atoms with Crippen molar-refractivity contribution in [2.75, 3.05) is 10.0 Å². The van der Waals surface area contributed by atoms with Gasteiger partial charge in [0.05, 0.1) is 4.90 Å². The molecule has 2 N–H and O–H groups in total. The van der Waals surface area contributed by atoms with Crippen molar-refractivity contribution in [1.82, 2.24) is 5.16 Å². The summed E-state index contributed by atoms with van der Waals surface area (Å²) in [5, 5.41) is 6.41.